The van der Waals surface area contributed by atoms with Crippen molar-refractivity contribution in [3.63, 3.8) is 0 Å². The molecule has 0 aromatic heterocycles. The van der Waals surface area contributed by atoms with Gasteiger partial charge in [0.25, 0.3) is 0 Å². The number of morpholine rings is 1. The summed E-state index contributed by atoms with van der Waals surface area (Å²) in [6, 6.07) is 17.2. The highest BCUT2D eigenvalue weighted by Gasteiger charge is 2.27. The van der Waals surface area contributed by atoms with E-state index in [0.29, 0.717) is 58.1 Å². The number of hydrogen-bond donors (Lipinski definition) is 2. The lowest BCUT2D eigenvalue weighted by molar-refractivity contribution is -0.144. The van der Waals surface area contributed by atoms with Gasteiger partial charge in [-0.25, -0.2) is 0 Å². The van der Waals surface area contributed by atoms with Crippen molar-refractivity contribution in [1.82, 2.24) is 15.1 Å². The Balaban J connectivity index is 1.28. The van der Waals surface area contributed by atoms with Crippen molar-refractivity contribution in [3.8, 4) is 0 Å². The van der Waals surface area contributed by atoms with E-state index < -0.39 is 0 Å². The van der Waals surface area contributed by atoms with Gasteiger partial charge in [0, 0.05) is 43.5 Å². The Labute approximate surface area is 235 Å². The van der Waals surface area contributed by atoms with Gasteiger partial charge in [0.2, 0.25) is 11.8 Å². The zero-order chi connectivity index (χ0) is 28.3. The molecule has 0 saturated carbocycles. The SMILES string of the molecule is CCOC(=O)CC(CCc1ccccc1)NC(=O)CN1CCN(c2ccc(C(=N)N3CCOCC3)cc2)CC1=O. The molecule has 2 aromatic carbocycles. The highest BCUT2D eigenvalue weighted by molar-refractivity contribution is 5.97. The van der Waals surface area contributed by atoms with E-state index in [4.69, 9.17) is 14.9 Å². The molecule has 2 aromatic rings. The first-order chi connectivity index (χ1) is 19.4. The second-order valence-corrected chi connectivity index (χ2v) is 10.0. The highest BCUT2D eigenvalue weighted by Crippen LogP contribution is 2.19. The van der Waals surface area contributed by atoms with Gasteiger partial charge < -0.3 is 29.5 Å². The van der Waals surface area contributed by atoms with Crippen LogP contribution in [0.2, 0.25) is 0 Å². The molecule has 0 spiro atoms. The zero-order valence-corrected chi connectivity index (χ0v) is 23.1. The van der Waals surface area contributed by atoms with Crippen molar-refractivity contribution in [2.24, 2.45) is 0 Å². The molecule has 10 heteroatoms. The van der Waals surface area contributed by atoms with Gasteiger partial charge in [0.15, 0.2) is 0 Å². The fourth-order valence-corrected chi connectivity index (χ4v) is 4.97. The normalized spacial score (nSPS) is 16.4. The molecule has 2 amide bonds. The number of aryl methyl sites for hydroxylation is 1. The molecule has 4 rings (SSSR count). The van der Waals surface area contributed by atoms with Crippen LogP contribution in [0, 0.1) is 5.41 Å². The van der Waals surface area contributed by atoms with E-state index in [9.17, 15) is 14.4 Å². The third-order valence-electron chi connectivity index (χ3n) is 7.19. The number of nitrogens with one attached hydrogen (secondary N) is 2. The Bertz CT molecular complexity index is 1150. The third-order valence-corrected chi connectivity index (χ3v) is 7.19. The van der Waals surface area contributed by atoms with Crippen LogP contribution in [0.25, 0.3) is 0 Å². The maximum atomic E-state index is 12.9. The molecule has 1 unspecified atom stereocenters. The van der Waals surface area contributed by atoms with Crippen molar-refractivity contribution in [2.75, 3.05) is 64.0 Å². The largest absolute Gasteiger partial charge is 0.466 e. The lowest BCUT2D eigenvalue weighted by Crippen LogP contribution is -2.54. The molecule has 1 atom stereocenters. The smallest absolute Gasteiger partial charge is 0.307 e. The molecular formula is C30H39N5O5. The Kier molecular flexibility index (Phi) is 10.5. The van der Waals surface area contributed by atoms with Crippen molar-refractivity contribution < 1.29 is 23.9 Å². The number of carbonyl (C=O) groups is 3. The second-order valence-electron chi connectivity index (χ2n) is 10.0. The first-order valence-corrected chi connectivity index (χ1v) is 14.0. The van der Waals surface area contributed by atoms with Crippen molar-refractivity contribution in [3.05, 3.63) is 65.7 Å². The number of anilines is 1. The number of nitrogens with zero attached hydrogens (tertiary/aromatic N) is 3. The van der Waals surface area contributed by atoms with Crippen LogP contribution < -0.4 is 10.2 Å². The van der Waals surface area contributed by atoms with Crippen molar-refractivity contribution in [1.29, 1.82) is 5.41 Å². The van der Waals surface area contributed by atoms with E-state index in [1.54, 1.807) is 11.8 Å². The van der Waals surface area contributed by atoms with E-state index in [1.807, 2.05) is 64.4 Å². The van der Waals surface area contributed by atoms with Gasteiger partial charge in [-0.2, -0.15) is 0 Å². The van der Waals surface area contributed by atoms with Gasteiger partial charge in [-0.05, 0) is 49.6 Å². The summed E-state index contributed by atoms with van der Waals surface area (Å²) in [5.74, 6) is -0.281. The maximum absolute atomic E-state index is 12.9. The summed E-state index contributed by atoms with van der Waals surface area (Å²) < 4.78 is 10.5. The summed E-state index contributed by atoms with van der Waals surface area (Å²) >= 11 is 0. The van der Waals surface area contributed by atoms with Crippen LogP contribution in [-0.4, -0.2) is 98.6 Å². The summed E-state index contributed by atoms with van der Waals surface area (Å²) in [5, 5.41) is 11.4. The van der Waals surface area contributed by atoms with Crippen LogP contribution in [0.3, 0.4) is 0 Å². The van der Waals surface area contributed by atoms with Crippen molar-refractivity contribution in [2.45, 2.75) is 32.2 Å². The van der Waals surface area contributed by atoms with Crippen LogP contribution in [-0.2, 0) is 30.3 Å². The fraction of sp³-hybridized carbons (Fsp3) is 0.467. The number of carbonyl (C=O) groups excluding carboxylic acids is 3. The van der Waals surface area contributed by atoms with E-state index in [1.165, 1.54) is 0 Å². The molecule has 214 valence electrons. The Morgan fingerprint density at radius 3 is 2.42 bits per heavy atom. The average molecular weight is 550 g/mol. The summed E-state index contributed by atoms with van der Waals surface area (Å²) in [7, 11) is 0. The summed E-state index contributed by atoms with van der Waals surface area (Å²) in [6.07, 6.45) is 1.40. The molecule has 0 radical (unpaired) electrons. The predicted octanol–water partition coefficient (Wildman–Crippen LogP) is 2.06. The third kappa shape index (κ3) is 8.29. The Hall–Kier alpha value is -3.92. The molecule has 0 bridgehead atoms. The lowest BCUT2D eigenvalue weighted by Gasteiger charge is -2.35. The number of esters is 1. The van der Waals surface area contributed by atoms with E-state index >= 15 is 0 Å². The molecule has 0 aliphatic carbocycles. The summed E-state index contributed by atoms with van der Waals surface area (Å²) in [4.78, 5) is 43.5. The summed E-state index contributed by atoms with van der Waals surface area (Å²) in [5.41, 5.74) is 2.87. The fourth-order valence-electron chi connectivity index (χ4n) is 4.97. The van der Waals surface area contributed by atoms with Crippen LogP contribution >= 0.6 is 0 Å². The average Bonchev–Trinajstić information content (AvgIpc) is 2.98. The second kappa shape index (κ2) is 14.5. The minimum atomic E-state index is -0.377. The molecule has 2 N–H and O–H groups in total. The van der Waals surface area contributed by atoms with E-state index in [0.717, 1.165) is 16.8 Å². The molecule has 40 heavy (non-hydrogen) atoms. The van der Waals surface area contributed by atoms with Gasteiger partial charge in [-0.3, -0.25) is 19.8 Å². The molecule has 2 saturated heterocycles. The number of benzene rings is 2. The highest BCUT2D eigenvalue weighted by atomic mass is 16.5. The van der Waals surface area contributed by atoms with E-state index in [2.05, 4.69) is 5.32 Å². The van der Waals surface area contributed by atoms with Crippen LogP contribution in [0.1, 0.15) is 30.9 Å². The molecular weight excluding hydrogens is 510 g/mol. The number of hydrogen-bond acceptors (Lipinski definition) is 7. The predicted molar refractivity (Wildman–Crippen MR) is 152 cm³/mol. The Morgan fingerprint density at radius 2 is 1.75 bits per heavy atom. The topological polar surface area (TPSA) is 115 Å². The van der Waals surface area contributed by atoms with Crippen molar-refractivity contribution >= 4 is 29.3 Å². The van der Waals surface area contributed by atoms with Gasteiger partial charge in [0.05, 0.1) is 39.3 Å². The summed E-state index contributed by atoms with van der Waals surface area (Å²) in [6.45, 7) is 5.86. The first kappa shape index (κ1) is 29.1. The number of ether oxygens (including phenoxy) is 2. The maximum Gasteiger partial charge on any atom is 0.307 e. The van der Waals surface area contributed by atoms with Gasteiger partial charge in [-0.1, -0.05) is 30.3 Å². The molecule has 10 nitrogen and oxygen atoms in total. The number of amidine groups is 1. The number of piperazine rings is 1. The zero-order valence-electron chi connectivity index (χ0n) is 23.1. The van der Waals surface area contributed by atoms with E-state index in [-0.39, 0.29) is 49.9 Å². The number of rotatable bonds is 11. The van der Waals surface area contributed by atoms with Crippen LogP contribution in [0.15, 0.2) is 54.6 Å². The van der Waals surface area contributed by atoms with Gasteiger partial charge in [-0.15, -0.1) is 0 Å². The first-order valence-electron chi connectivity index (χ1n) is 14.0. The Morgan fingerprint density at radius 1 is 1.02 bits per heavy atom. The molecule has 2 aliphatic heterocycles. The lowest BCUT2D eigenvalue weighted by atomic mass is 10.0. The molecule has 2 aliphatic rings. The number of amides is 2. The quantitative estimate of drug-likeness (QED) is 0.251. The van der Waals surface area contributed by atoms with Crippen LogP contribution in [0.5, 0.6) is 0 Å². The minimum Gasteiger partial charge on any atom is -0.466 e. The standard InChI is InChI=1S/C30H39N5O5/c1-2-40-29(38)20-25(11-8-23-6-4-3-5-7-23)32-27(36)21-35-15-14-34(22-28(35)37)26-12-9-24(10-13-26)30(31)33-16-18-39-19-17-33/h3-7,9-10,12-13,25,31H,2,8,11,14-22H2,1H3,(H,32,36). The molecule has 2 fully saturated rings. The van der Waals surface area contributed by atoms with Gasteiger partial charge >= 0.3 is 5.97 Å². The minimum absolute atomic E-state index is 0.0486. The van der Waals surface area contributed by atoms with Gasteiger partial charge in [0.1, 0.15) is 5.84 Å². The monoisotopic (exact) mass is 549 g/mol. The van der Waals surface area contributed by atoms with Crippen LogP contribution in [0.4, 0.5) is 5.69 Å². The molecule has 2 heterocycles.